The van der Waals surface area contributed by atoms with Gasteiger partial charge in [0.1, 0.15) is 23.3 Å². The number of hydrogen-bond acceptors (Lipinski definition) is 6. The van der Waals surface area contributed by atoms with Crippen molar-refractivity contribution >= 4 is 5.91 Å². The van der Waals surface area contributed by atoms with E-state index in [1.165, 1.54) is 0 Å². The number of methoxy groups -OCH3 is 3. The molecule has 0 aliphatic carbocycles. The smallest absolute Gasteiger partial charge is 0.240 e. The van der Waals surface area contributed by atoms with Crippen molar-refractivity contribution in [1.82, 2.24) is 10.6 Å². The van der Waals surface area contributed by atoms with Crippen molar-refractivity contribution in [1.29, 1.82) is 0 Å². The molecular formula is C16H24N2O5. The number of ether oxygens (including phenoxy) is 4. The lowest BCUT2D eigenvalue weighted by molar-refractivity contribution is -0.129. The molecule has 0 unspecified atom stereocenters. The molecular weight excluding hydrogens is 300 g/mol. The van der Waals surface area contributed by atoms with Gasteiger partial charge < -0.3 is 29.6 Å². The number of carbonyl (C=O) groups excluding carboxylic acids is 1. The first-order valence-electron chi connectivity index (χ1n) is 7.52. The van der Waals surface area contributed by atoms with Crippen molar-refractivity contribution in [2.75, 3.05) is 34.5 Å². The molecule has 2 rings (SSSR count). The van der Waals surface area contributed by atoms with Gasteiger partial charge in [-0.2, -0.15) is 0 Å². The summed E-state index contributed by atoms with van der Waals surface area (Å²) in [4.78, 5) is 12.3. The van der Waals surface area contributed by atoms with Gasteiger partial charge in [-0.25, -0.2) is 0 Å². The van der Waals surface area contributed by atoms with E-state index in [1.807, 2.05) is 6.92 Å². The van der Waals surface area contributed by atoms with Crippen LogP contribution in [0.5, 0.6) is 17.2 Å². The molecule has 128 valence electrons. The maximum atomic E-state index is 12.3. The Morgan fingerprint density at radius 3 is 2.43 bits per heavy atom. The molecule has 0 aromatic heterocycles. The average molecular weight is 324 g/mol. The minimum absolute atomic E-state index is 0.114. The second-order valence-electron chi connectivity index (χ2n) is 5.24. The normalized spacial score (nSPS) is 20.7. The number of nitrogens with one attached hydrogen (secondary N) is 2. The van der Waals surface area contributed by atoms with Crippen LogP contribution < -0.4 is 24.8 Å². The minimum Gasteiger partial charge on any atom is -0.496 e. The second kappa shape index (κ2) is 8.03. The summed E-state index contributed by atoms with van der Waals surface area (Å²) in [7, 11) is 4.71. The van der Waals surface area contributed by atoms with Crippen molar-refractivity contribution in [2.45, 2.75) is 25.6 Å². The van der Waals surface area contributed by atoms with Crippen molar-refractivity contribution in [3.05, 3.63) is 17.7 Å². The lowest BCUT2D eigenvalue weighted by Gasteiger charge is -2.29. The van der Waals surface area contributed by atoms with Gasteiger partial charge in [0.15, 0.2) is 0 Å². The number of rotatable bonds is 6. The third kappa shape index (κ3) is 4.05. The van der Waals surface area contributed by atoms with Gasteiger partial charge in [-0.15, -0.1) is 0 Å². The van der Waals surface area contributed by atoms with Gasteiger partial charge in [0, 0.05) is 18.7 Å². The first-order chi connectivity index (χ1) is 11.1. The Kier molecular flexibility index (Phi) is 6.06. The molecule has 1 heterocycles. The van der Waals surface area contributed by atoms with Crippen LogP contribution in [-0.2, 0) is 16.1 Å². The molecule has 0 saturated carbocycles. The number of amides is 1. The summed E-state index contributed by atoms with van der Waals surface area (Å²) < 4.78 is 21.5. The molecule has 1 fully saturated rings. The zero-order valence-electron chi connectivity index (χ0n) is 14.0. The Bertz CT molecular complexity index is 524. The van der Waals surface area contributed by atoms with E-state index in [-0.39, 0.29) is 18.1 Å². The third-order valence-electron chi connectivity index (χ3n) is 3.86. The van der Waals surface area contributed by atoms with E-state index in [4.69, 9.17) is 18.9 Å². The highest BCUT2D eigenvalue weighted by molar-refractivity contribution is 5.82. The Morgan fingerprint density at radius 2 is 1.91 bits per heavy atom. The van der Waals surface area contributed by atoms with Crippen LogP contribution in [0.3, 0.4) is 0 Å². The highest BCUT2D eigenvalue weighted by atomic mass is 16.5. The highest BCUT2D eigenvalue weighted by Gasteiger charge is 2.28. The van der Waals surface area contributed by atoms with Crippen LogP contribution >= 0.6 is 0 Å². The zero-order valence-corrected chi connectivity index (χ0v) is 14.0. The van der Waals surface area contributed by atoms with Crippen molar-refractivity contribution < 1.29 is 23.7 Å². The lowest BCUT2D eigenvalue weighted by Crippen LogP contribution is -2.55. The van der Waals surface area contributed by atoms with E-state index < -0.39 is 0 Å². The Balaban J connectivity index is 2.11. The second-order valence-corrected chi connectivity index (χ2v) is 5.24. The average Bonchev–Trinajstić information content (AvgIpc) is 2.59. The summed E-state index contributed by atoms with van der Waals surface area (Å²) in [6, 6.07) is 3.16. The molecule has 1 amide bonds. The summed E-state index contributed by atoms with van der Waals surface area (Å²) in [5.41, 5.74) is 0.758. The van der Waals surface area contributed by atoms with Crippen LogP contribution in [0.2, 0.25) is 0 Å². The lowest BCUT2D eigenvalue weighted by atomic mass is 10.1. The first-order valence-corrected chi connectivity index (χ1v) is 7.52. The highest BCUT2D eigenvalue weighted by Crippen LogP contribution is 2.33. The first kappa shape index (κ1) is 17.4. The molecule has 2 atom stereocenters. The van der Waals surface area contributed by atoms with Crippen molar-refractivity contribution in [2.24, 2.45) is 0 Å². The van der Waals surface area contributed by atoms with Gasteiger partial charge >= 0.3 is 0 Å². The quantitative estimate of drug-likeness (QED) is 0.802. The molecule has 23 heavy (non-hydrogen) atoms. The van der Waals surface area contributed by atoms with Gasteiger partial charge in [-0.05, 0) is 6.92 Å². The fraction of sp³-hybridized carbons (Fsp3) is 0.562. The number of benzene rings is 1. The van der Waals surface area contributed by atoms with Gasteiger partial charge in [0.2, 0.25) is 5.91 Å². The number of carbonyl (C=O) groups is 1. The predicted molar refractivity (Wildman–Crippen MR) is 85.1 cm³/mol. The van der Waals surface area contributed by atoms with Gasteiger partial charge in [0.25, 0.3) is 0 Å². The summed E-state index contributed by atoms with van der Waals surface area (Å²) >= 11 is 0. The molecule has 7 heteroatoms. The molecule has 0 spiro atoms. The maximum absolute atomic E-state index is 12.3. The molecule has 7 nitrogen and oxygen atoms in total. The molecule has 0 bridgehead atoms. The van der Waals surface area contributed by atoms with Crippen LogP contribution in [0.1, 0.15) is 12.5 Å². The SMILES string of the molecule is COc1cc(OC)c(CNC(=O)[C@H]2NCCO[C@@H]2C)c(OC)c1. The van der Waals surface area contributed by atoms with Crippen LogP contribution in [0.25, 0.3) is 0 Å². The van der Waals surface area contributed by atoms with Gasteiger partial charge in [0.05, 0.1) is 46.1 Å². The molecule has 1 aromatic rings. The molecule has 1 saturated heterocycles. The number of morpholine rings is 1. The van der Waals surface area contributed by atoms with E-state index >= 15 is 0 Å². The van der Waals surface area contributed by atoms with Crippen molar-refractivity contribution in [3.8, 4) is 17.2 Å². The Morgan fingerprint density at radius 1 is 1.26 bits per heavy atom. The van der Waals surface area contributed by atoms with E-state index in [9.17, 15) is 4.79 Å². The summed E-state index contributed by atoms with van der Waals surface area (Å²) in [6.07, 6.45) is -0.164. The van der Waals surface area contributed by atoms with E-state index in [0.717, 1.165) is 5.56 Å². The van der Waals surface area contributed by atoms with E-state index in [1.54, 1.807) is 33.5 Å². The molecule has 1 aliphatic rings. The largest absolute Gasteiger partial charge is 0.496 e. The predicted octanol–water partition coefficient (Wildman–Crippen LogP) is 0.706. The fourth-order valence-corrected chi connectivity index (χ4v) is 2.56. The van der Waals surface area contributed by atoms with Crippen LogP contribution in [0.4, 0.5) is 0 Å². The zero-order chi connectivity index (χ0) is 16.8. The summed E-state index contributed by atoms with van der Waals surface area (Å²) in [5.74, 6) is 1.71. The van der Waals surface area contributed by atoms with Crippen LogP contribution in [0.15, 0.2) is 12.1 Å². The summed E-state index contributed by atoms with van der Waals surface area (Å²) in [5, 5.41) is 6.06. The standard InChI is InChI=1S/C16H24N2O5/c1-10-15(17-5-6-23-10)16(19)18-9-12-13(21-3)7-11(20-2)8-14(12)22-4/h7-8,10,15,17H,5-6,9H2,1-4H3,(H,18,19)/t10-,15+/m1/s1. The topological polar surface area (TPSA) is 78.1 Å². The fourth-order valence-electron chi connectivity index (χ4n) is 2.56. The molecule has 0 radical (unpaired) electrons. The Hall–Kier alpha value is -1.99. The van der Waals surface area contributed by atoms with Crippen LogP contribution in [0, 0.1) is 0 Å². The number of hydrogen-bond donors (Lipinski definition) is 2. The molecule has 1 aliphatic heterocycles. The Labute approximate surface area is 136 Å². The van der Waals surface area contributed by atoms with E-state index in [0.29, 0.717) is 36.9 Å². The molecule has 1 aromatic carbocycles. The monoisotopic (exact) mass is 324 g/mol. The molecule has 2 N–H and O–H groups in total. The van der Waals surface area contributed by atoms with Crippen molar-refractivity contribution in [3.63, 3.8) is 0 Å². The maximum Gasteiger partial charge on any atom is 0.240 e. The minimum atomic E-state index is -0.362. The van der Waals surface area contributed by atoms with E-state index in [2.05, 4.69) is 10.6 Å². The van der Waals surface area contributed by atoms with Gasteiger partial charge in [-0.3, -0.25) is 4.79 Å². The van der Waals surface area contributed by atoms with Crippen LogP contribution in [-0.4, -0.2) is 52.5 Å². The van der Waals surface area contributed by atoms with Gasteiger partial charge in [-0.1, -0.05) is 0 Å². The summed E-state index contributed by atoms with van der Waals surface area (Å²) in [6.45, 7) is 3.45. The third-order valence-corrected chi connectivity index (χ3v) is 3.86.